The molecule has 3 aliphatic rings. The van der Waals surface area contributed by atoms with E-state index < -0.39 is 8.80 Å². The number of rotatable bonds is 3. The summed E-state index contributed by atoms with van der Waals surface area (Å²) in [5.74, 6) is 0. The van der Waals surface area contributed by atoms with Gasteiger partial charge >= 0.3 is 0 Å². The smallest absolute Gasteiger partial charge is 0.108 e. The van der Waals surface area contributed by atoms with Crippen LogP contribution in [0.1, 0.15) is 23.1 Å². The first-order valence-electron chi connectivity index (χ1n) is 7.90. The van der Waals surface area contributed by atoms with Crippen LogP contribution in [0.4, 0.5) is 0 Å². The van der Waals surface area contributed by atoms with Gasteiger partial charge in [-0.25, -0.2) is 0 Å². The van der Waals surface area contributed by atoms with Crippen molar-refractivity contribution in [3.05, 3.63) is 81.1 Å². The predicted octanol–water partition coefficient (Wildman–Crippen LogP) is 2.42. The molecule has 1 aliphatic heterocycles. The van der Waals surface area contributed by atoms with Gasteiger partial charge in [-0.1, -0.05) is 65.9 Å². The highest BCUT2D eigenvalue weighted by molar-refractivity contribution is 7.01. The molecule has 1 nitrogen and oxygen atoms in total. The molecule has 2 aromatic rings. The zero-order valence-corrected chi connectivity index (χ0v) is 13.5. The predicted molar refractivity (Wildman–Crippen MR) is 96.0 cm³/mol. The lowest BCUT2D eigenvalue weighted by atomic mass is 10.0. The maximum atomic E-state index is 4.24. The number of nitrogens with one attached hydrogen (secondary N) is 1. The Morgan fingerprint density at radius 2 is 2.00 bits per heavy atom. The Bertz CT molecular complexity index is 986. The van der Waals surface area contributed by atoms with E-state index in [1.54, 1.807) is 10.4 Å². The minimum Gasteiger partial charge on any atom is -0.355 e. The SMILES string of the molecule is C=c1[nH]c2c(c1C1=CC=CC1)C1=C(C=2)[SiH]1Cc1ccccc1. The van der Waals surface area contributed by atoms with E-state index in [-0.39, 0.29) is 0 Å². The summed E-state index contributed by atoms with van der Waals surface area (Å²) in [5.41, 5.74) is 5.77. The highest BCUT2D eigenvalue weighted by atomic mass is 28.3. The minimum absolute atomic E-state index is 0.882. The number of H-pyrrole nitrogens is 1. The fourth-order valence-electron chi connectivity index (χ4n) is 3.95. The van der Waals surface area contributed by atoms with E-state index in [1.807, 2.05) is 0 Å². The molecule has 0 saturated carbocycles. The van der Waals surface area contributed by atoms with E-state index in [1.165, 1.54) is 33.7 Å². The monoisotopic (exact) mass is 299 g/mol. The molecule has 0 saturated heterocycles. The molecular weight excluding hydrogens is 282 g/mol. The molecule has 0 bridgehead atoms. The van der Waals surface area contributed by atoms with Crippen LogP contribution in [0.2, 0.25) is 0 Å². The van der Waals surface area contributed by atoms with Crippen LogP contribution in [0, 0.1) is 0 Å². The van der Waals surface area contributed by atoms with Crippen molar-refractivity contribution in [1.29, 1.82) is 0 Å². The van der Waals surface area contributed by atoms with E-state index in [9.17, 15) is 0 Å². The van der Waals surface area contributed by atoms with Crippen molar-refractivity contribution in [1.82, 2.24) is 4.98 Å². The minimum atomic E-state index is -0.882. The molecule has 22 heavy (non-hydrogen) atoms. The summed E-state index contributed by atoms with van der Waals surface area (Å²) in [7, 11) is -0.882. The molecule has 1 atom stereocenters. The van der Waals surface area contributed by atoms with Crippen molar-refractivity contribution in [3.8, 4) is 0 Å². The lowest BCUT2D eigenvalue weighted by molar-refractivity contribution is 1.27. The van der Waals surface area contributed by atoms with Gasteiger partial charge < -0.3 is 4.98 Å². The molecule has 2 heterocycles. The van der Waals surface area contributed by atoms with Crippen molar-refractivity contribution in [2.45, 2.75) is 12.5 Å². The second-order valence-electron chi connectivity index (χ2n) is 6.35. The van der Waals surface area contributed by atoms with Gasteiger partial charge in [-0.2, -0.15) is 0 Å². The first-order valence-corrected chi connectivity index (χ1v) is 9.87. The molecule has 1 aromatic heterocycles. The Labute approximate surface area is 131 Å². The normalized spacial score (nSPS) is 20.7. The van der Waals surface area contributed by atoms with E-state index in [0.29, 0.717) is 0 Å². The molecule has 2 aliphatic carbocycles. The van der Waals surface area contributed by atoms with Crippen molar-refractivity contribution >= 4 is 32.2 Å². The number of benzene rings is 1. The van der Waals surface area contributed by atoms with Crippen molar-refractivity contribution in [2.24, 2.45) is 0 Å². The number of aromatic amines is 1. The van der Waals surface area contributed by atoms with Crippen LogP contribution in [0.3, 0.4) is 0 Å². The molecule has 1 aromatic carbocycles. The quantitative estimate of drug-likeness (QED) is 0.838. The van der Waals surface area contributed by atoms with E-state index in [0.717, 1.165) is 11.8 Å². The van der Waals surface area contributed by atoms with Gasteiger partial charge in [0.25, 0.3) is 0 Å². The fraction of sp³-hybridized carbons (Fsp3) is 0.100. The summed E-state index contributed by atoms with van der Waals surface area (Å²) in [6.45, 7) is 4.24. The standard InChI is InChI=1S/C20H17NSi/c1-13-18(15-9-5-6-10-15)19-16(21-13)11-17-20(19)22(17)12-14-7-3-2-4-8-14/h2-9,11,21-22H,1,10,12H2. The summed E-state index contributed by atoms with van der Waals surface area (Å²) in [4.78, 5) is 3.49. The average molecular weight is 299 g/mol. The van der Waals surface area contributed by atoms with Crippen molar-refractivity contribution in [2.75, 3.05) is 0 Å². The van der Waals surface area contributed by atoms with Crippen LogP contribution in [-0.2, 0) is 6.04 Å². The first kappa shape index (κ1) is 12.2. The molecule has 0 fully saturated rings. The van der Waals surface area contributed by atoms with Gasteiger partial charge in [0.15, 0.2) is 0 Å². The Hall–Kier alpha value is -2.32. The van der Waals surface area contributed by atoms with Crippen LogP contribution < -0.4 is 10.7 Å². The van der Waals surface area contributed by atoms with E-state index in [4.69, 9.17) is 0 Å². The highest BCUT2D eigenvalue weighted by Crippen LogP contribution is 2.45. The molecule has 0 amide bonds. The number of allylic oxidation sites excluding steroid dienone is 5. The Morgan fingerprint density at radius 3 is 2.77 bits per heavy atom. The van der Waals surface area contributed by atoms with Crippen molar-refractivity contribution in [3.63, 3.8) is 0 Å². The molecule has 1 N–H and O–H groups in total. The maximum Gasteiger partial charge on any atom is 0.108 e. The lowest BCUT2D eigenvalue weighted by Gasteiger charge is -2.06. The molecular formula is C20H17NSi. The van der Waals surface area contributed by atoms with Crippen LogP contribution >= 0.6 is 0 Å². The fourth-order valence-corrected chi connectivity index (χ4v) is 7.29. The third-order valence-electron chi connectivity index (χ3n) is 5.00. The van der Waals surface area contributed by atoms with Gasteiger partial charge in [0.2, 0.25) is 0 Å². The van der Waals surface area contributed by atoms with Gasteiger partial charge in [-0.3, -0.25) is 0 Å². The van der Waals surface area contributed by atoms with E-state index in [2.05, 4.69) is 66.2 Å². The average Bonchev–Trinajstić information content (AvgIpc) is 2.96. The van der Waals surface area contributed by atoms with Crippen LogP contribution in [0.15, 0.2) is 53.8 Å². The van der Waals surface area contributed by atoms with Gasteiger partial charge in [-0.15, -0.1) is 0 Å². The largest absolute Gasteiger partial charge is 0.355 e. The van der Waals surface area contributed by atoms with E-state index >= 15 is 0 Å². The summed E-state index contributed by atoms with van der Waals surface area (Å²) in [6, 6.07) is 12.2. The maximum absolute atomic E-state index is 4.24. The number of fused-ring (bicyclic) bond motifs is 2. The Balaban J connectivity index is 1.51. The molecule has 106 valence electrons. The molecule has 1 unspecified atom stereocenters. The van der Waals surface area contributed by atoms with Gasteiger partial charge in [0.05, 0.1) is 0 Å². The zero-order valence-electron chi connectivity index (χ0n) is 12.4. The van der Waals surface area contributed by atoms with Gasteiger partial charge in [0.1, 0.15) is 8.80 Å². The Morgan fingerprint density at radius 1 is 1.14 bits per heavy atom. The summed E-state index contributed by atoms with van der Waals surface area (Å²) < 4.78 is 0. The third-order valence-corrected chi connectivity index (χ3v) is 8.10. The third kappa shape index (κ3) is 1.64. The summed E-state index contributed by atoms with van der Waals surface area (Å²) in [5, 5.41) is 5.74. The molecule has 5 rings (SSSR count). The summed E-state index contributed by atoms with van der Waals surface area (Å²) in [6.07, 6.45) is 10.1. The van der Waals surface area contributed by atoms with Gasteiger partial charge in [0, 0.05) is 21.8 Å². The summed E-state index contributed by atoms with van der Waals surface area (Å²) >= 11 is 0. The molecule has 0 spiro atoms. The number of aromatic nitrogens is 1. The lowest BCUT2D eigenvalue weighted by Crippen LogP contribution is -2.14. The second-order valence-corrected chi connectivity index (χ2v) is 9.06. The zero-order chi connectivity index (χ0) is 14.7. The molecule has 2 heteroatoms. The van der Waals surface area contributed by atoms with Gasteiger partial charge in [-0.05, 0) is 29.3 Å². The number of hydrogen-bond donors (Lipinski definition) is 1. The molecule has 0 radical (unpaired) electrons. The number of hydrogen-bond acceptors (Lipinski definition) is 0. The van der Waals surface area contributed by atoms with Crippen molar-refractivity contribution < 1.29 is 0 Å². The highest BCUT2D eigenvalue weighted by Gasteiger charge is 2.43. The topological polar surface area (TPSA) is 15.8 Å². The Kier molecular flexibility index (Phi) is 2.41. The van der Waals surface area contributed by atoms with Crippen LogP contribution in [0.5, 0.6) is 0 Å². The van der Waals surface area contributed by atoms with Crippen LogP contribution in [0.25, 0.3) is 23.4 Å². The second kappa shape index (κ2) is 4.34. The van der Waals surface area contributed by atoms with Crippen LogP contribution in [-0.4, -0.2) is 13.8 Å². The first-order chi connectivity index (χ1) is 10.8.